The highest BCUT2D eigenvalue weighted by Crippen LogP contribution is 2.35. The van der Waals surface area contributed by atoms with Crippen molar-refractivity contribution in [1.29, 1.82) is 0 Å². The van der Waals surface area contributed by atoms with Gasteiger partial charge in [0.2, 0.25) is 11.8 Å². The van der Waals surface area contributed by atoms with Crippen LogP contribution in [0.2, 0.25) is 5.02 Å². The smallest absolute Gasteiger partial charge is 0.280 e. The van der Waals surface area contributed by atoms with Crippen LogP contribution in [0.3, 0.4) is 0 Å². The maximum atomic E-state index is 15.5. The molecule has 6 rings (SSSR count). The second-order valence-corrected chi connectivity index (χ2v) is 11.3. The molecule has 2 saturated heterocycles. The molecule has 3 aromatic rings. The number of alkyl halides is 2. The number of nitrogens with one attached hydrogen (secondary N) is 2. The summed E-state index contributed by atoms with van der Waals surface area (Å²) >= 11 is 6.02. The van der Waals surface area contributed by atoms with Gasteiger partial charge >= 0.3 is 0 Å². The number of carbonyl (C=O) groups is 3. The largest absolute Gasteiger partial charge is 0.376 e. The maximum Gasteiger partial charge on any atom is 0.280 e. The minimum absolute atomic E-state index is 0.188. The lowest BCUT2D eigenvalue weighted by atomic mass is 9.97. The van der Waals surface area contributed by atoms with E-state index in [0.717, 1.165) is 22.3 Å². The summed E-state index contributed by atoms with van der Waals surface area (Å²) in [6.45, 7) is 0.661. The number of piperidine rings is 2. The molecule has 10 heteroatoms. The number of carbonyl (C=O) groups excluding carboxylic acids is 3. The van der Waals surface area contributed by atoms with E-state index < -0.39 is 30.5 Å². The van der Waals surface area contributed by atoms with E-state index >= 15 is 8.78 Å². The molecule has 0 saturated carbocycles. The standard InChI is InChI=1S/C31H29ClF2N4O3/c32-22-8-6-20(7-9-22)23-3-1-2-4-25(23)35-27-13-14-37(18-31(27,33)34)16-19-5-10-24-21(15-19)17-38(30(24)41)26-11-12-28(39)36-29(26)40/h1-10,15,26-27,35H,11-14,16-18H2,(H,36,39,40). The summed E-state index contributed by atoms with van der Waals surface area (Å²) in [5, 5.41) is 6.02. The molecule has 7 nitrogen and oxygen atoms in total. The van der Waals surface area contributed by atoms with E-state index in [0.29, 0.717) is 35.8 Å². The van der Waals surface area contributed by atoms with Crippen molar-refractivity contribution in [3.63, 3.8) is 0 Å². The summed E-state index contributed by atoms with van der Waals surface area (Å²) in [6, 6.07) is 18.4. The fraction of sp³-hybridized carbons (Fsp3) is 0.323. The first-order valence-electron chi connectivity index (χ1n) is 13.7. The number of hydrogen-bond acceptors (Lipinski definition) is 5. The third-order valence-electron chi connectivity index (χ3n) is 8.08. The number of likely N-dealkylation sites (tertiary alicyclic amines) is 1. The maximum absolute atomic E-state index is 15.5. The van der Waals surface area contributed by atoms with Gasteiger partial charge in [0.15, 0.2) is 0 Å². The second-order valence-electron chi connectivity index (χ2n) is 10.9. The first-order valence-corrected chi connectivity index (χ1v) is 14.0. The minimum atomic E-state index is -2.97. The van der Waals surface area contributed by atoms with Gasteiger partial charge in [-0.3, -0.25) is 24.6 Å². The van der Waals surface area contributed by atoms with Crippen LogP contribution < -0.4 is 10.6 Å². The van der Waals surface area contributed by atoms with Crippen molar-refractivity contribution in [1.82, 2.24) is 15.1 Å². The van der Waals surface area contributed by atoms with Crippen molar-refractivity contribution < 1.29 is 23.2 Å². The Morgan fingerprint density at radius 1 is 0.976 bits per heavy atom. The molecule has 41 heavy (non-hydrogen) atoms. The van der Waals surface area contributed by atoms with Gasteiger partial charge in [0.1, 0.15) is 6.04 Å². The minimum Gasteiger partial charge on any atom is -0.376 e. The Kier molecular flexibility index (Phi) is 7.25. The van der Waals surface area contributed by atoms with Crippen LogP contribution in [0.5, 0.6) is 0 Å². The van der Waals surface area contributed by atoms with E-state index in [4.69, 9.17) is 11.6 Å². The van der Waals surface area contributed by atoms with Gasteiger partial charge < -0.3 is 10.2 Å². The molecular formula is C31H29ClF2N4O3. The molecule has 0 aliphatic carbocycles. The van der Waals surface area contributed by atoms with E-state index in [9.17, 15) is 14.4 Å². The normalized spacial score (nSPS) is 22.4. The zero-order valence-electron chi connectivity index (χ0n) is 22.2. The van der Waals surface area contributed by atoms with Crippen LogP contribution in [0.4, 0.5) is 14.5 Å². The van der Waals surface area contributed by atoms with E-state index in [1.807, 2.05) is 42.5 Å². The Bertz CT molecular complexity index is 1510. The van der Waals surface area contributed by atoms with Crippen LogP contribution in [0.25, 0.3) is 11.1 Å². The molecule has 2 fully saturated rings. The summed E-state index contributed by atoms with van der Waals surface area (Å²) < 4.78 is 30.9. The topological polar surface area (TPSA) is 81.8 Å². The van der Waals surface area contributed by atoms with Crippen LogP contribution in [-0.4, -0.2) is 58.6 Å². The molecule has 3 aliphatic rings. The Morgan fingerprint density at radius 2 is 1.76 bits per heavy atom. The van der Waals surface area contributed by atoms with Gasteiger partial charge in [0.25, 0.3) is 11.8 Å². The lowest BCUT2D eigenvalue weighted by molar-refractivity contribution is -0.136. The number of amides is 3. The zero-order chi connectivity index (χ0) is 28.7. The van der Waals surface area contributed by atoms with Crippen LogP contribution in [0.1, 0.15) is 40.7 Å². The molecule has 3 aliphatic heterocycles. The van der Waals surface area contributed by atoms with Crippen LogP contribution >= 0.6 is 11.6 Å². The zero-order valence-corrected chi connectivity index (χ0v) is 23.0. The van der Waals surface area contributed by atoms with Gasteiger partial charge in [-0.25, -0.2) is 8.78 Å². The monoisotopic (exact) mass is 578 g/mol. The third kappa shape index (κ3) is 5.56. The number of benzene rings is 3. The van der Waals surface area contributed by atoms with E-state index in [1.54, 1.807) is 29.2 Å². The van der Waals surface area contributed by atoms with E-state index in [-0.39, 0.29) is 31.2 Å². The second kappa shape index (κ2) is 10.9. The number of halogens is 3. The number of rotatable bonds is 6. The lowest BCUT2D eigenvalue weighted by Crippen LogP contribution is -2.54. The van der Waals surface area contributed by atoms with Gasteiger partial charge in [0.05, 0.1) is 12.6 Å². The van der Waals surface area contributed by atoms with Crippen molar-refractivity contribution in [2.75, 3.05) is 18.4 Å². The highest BCUT2D eigenvalue weighted by molar-refractivity contribution is 6.30. The van der Waals surface area contributed by atoms with Gasteiger partial charge in [-0.15, -0.1) is 0 Å². The first kappa shape index (κ1) is 27.4. The average Bonchev–Trinajstić information content (AvgIpc) is 3.26. The summed E-state index contributed by atoms with van der Waals surface area (Å²) in [7, 11) is 0. The SMILES string of the molecule is O=C1CCC(N2Cc3cc(CN4CCC(Nc5ccccc5-c5ccc(Cl)cc5)C(F)(F)C4)ccc3C2=O)C(=O)N1. The number of nitrogens with zero attached hydrogens (tertiary/aromatic N) is 2. The fourth-order valence-electron chi connectivity index (χ4n) is 5.99. The average molecular weight is 579 g/mol. The third-order valence-corrected chi connectivity index (χ3v) is 8.34. The molecule has 0 aromatic heterocycles. The molecule has 3 amide bonds. The number of anilines is 1. The molecule has 0 spiro atoms. The summed E-state index contributed by atoms with van der Waals surface area (Å²) in [5.41, 5.74) is 4.48. The highest BCUT2D eigenvalue weighted by atomic mass is 35.5. The van der Waals surface area contributed by atoms with Crippen molar-refractivity contribution >= 4 is 35.0 Å². The molecule has 3 heterocycles. The Hall–Kier alpha value is -3.82. The summed E-state index contributed by atoms with van der Waals surface area (Å²) in [5.74, 6) is -4.02. The fourth-order valence-corrected chi connectivity index (χ4v) is 6.11. The molecule has 0 bridgehead atoms. The van der Waals surface area contributed by atoms with E-state index in [1.165, 1.54) is 4.90 Å². The molecule has 2 N–H and O–H groups in total. The molecule has 3 aromatic carbocycles. The lowest BCUT2D eigenvalue weighted by Gasteiger charge is -2.39. The van der Waals surface area contributed by atoms with Crippen molar-refractivity contribution in [2.45, 2.75) is 50.4 Å². The van der Waals surface area contributed by atoms with Crippen molar-refractivity contribution in [3.8, 4) is 11.1 Å². The van der Waals surface area contributed by atoms with Gasteiger partial charge in [0, 0.05) is 47.9 Å². The predicted molar refractivity (Wildman–Crippen MR) is 152 cm³/mol. The highest BCUT2D eigenvalue weighted by Gasteiger charge is 2.45. The number of para-hydroxylation sites is 1. The van der Waals surface area contributed by atoms with Gasteiger partial charge in [-0.2, -0.15) is 0 Å². The van der Waals surface area contributed by atoms with E-state index in [2.05, 4.69) is 10.6 Å². The number of hydrogen-bond donors (Lipinski definition) is 2. The summed E-state index contributed by atoms with van der Waals surface area (Å²) in [4.78, 5) is 40.0. The van der Waals surface area contributed by atoms with Gasteiger partial charge in [-0.05, 0) is 53.8 Å². The molecule has 2 unspecified atom stereocenters. The van der Waals surface area contributed by atoms with Crippen LogP contribution in [0, 0.1) is 0 Å². The van der Waals surface area contributed by atoms with Crippen LogP contribution in [0.15, 0.2) is 66.7 Å². The Labute approximate surface area is 241 Å². The Morgan fingerprint density at radius 3 is 2.51 bits per heavy atom. The Balaban J connectivity index is 1.11. The van der Waals surface area contributed by atoms with Crippen molar-refractivity contribution in [3.05, 3.63) is 88.4 Å². The molecule has 2 atom stereocenters. The first-order chi connectivity index (χ1) is 19.7. The summed E-state index contributed by atoms with van der Waals surface area (Å²) in [6.07, 6.45) is 0.738. The van der Waals surface area contributed by atoms with Gasteiger partial charge in [-0.1, -0.05) is 54.1 Å². The predicted octanol–water partition coefficient (Wildman–Crippen LogP) is 5.09. The molecule has 0 radical (unpaired) electrons. The number of fused-ring (bicyclic) bond motifs is 1. The van der Waals surface area contributed by atoms with Crippen LogP contribution in [-0.2, 0) is 22.7 Å². The number of imide groups is 1. The molecular weight excluding hydrogens is 550 g/mol. The quantitative estimate of drug-likeness (QED) is 0.398. The molecule has 212 valence electrons. The van der Waals surface area contributed by atoms with Crippen molar-refractivity contribution in [2.24, 2.45) is 0 Å².